The van der Waals surface area contributed by atoms with Gasteiger partial charge in [-0.15, -0.1) is 0 Å². The molecule has 0 spiro atoms. The van der Waals surface area contributed by atoms with Crippen LogP contribution >= 0.6 is 0 Å². The number of benzene rings is 3. The topological polar surface area (TPSA) is 81.7 Å². The van der Waals surface area contributed by atoms with E-state index in [1.54, 1.807) is 48.5 Å². The van der Waals surface area contributed by atoms with Crippen molar-refractivity contribution in [3.63, 3.8) is 0 Å². The Balaban J connectivity index is 1.51. The summed E-state index contributed by atoms with van der Waals surface area (Å²) in [4.78, 5) is 37.8. The molecule has 3 aromatic rings. The lowest BCUT2D eigenvalue weighted by atomic mass is 10.1. The van der Waals surface area contributed by atoms with Crippen molar-refractivity contribution in [1.82, 2.24) is 0 Å². The molecule has 172 valence electrons. The summed E-state index contributed by atoms with van der Waals surface area (Å²) in [7, 11) is 0. The van der Waals surface area contributed by atoms with Gasteiger partial charge in [0.25, 0.3) is 5.91 Å². The Labute approximate surface area is 198 Å². The molecular weight excluding hydrogens is 430 g/mol. The molecule has 0 bridgehead atoms. The van der Waals surface area contributed by atoms with Gasteiger partial charge in [-0.2, -0.15) is 0 Å². The molecule has 34 heavy (non-hydrogen) atoms. The molecule has 0 fully saturated rings. The first-order valence-corrected chi connectivity index (χ1v) is 11.0. The van der Waals surface area contributed by atoms with Crippen molar-refractivity contribution in [2.75, 3.05) is 18.5 Å². The smallest absolute Gasteiger partial charge is 0.262 e. The van der Waals surface area contributed by atoms with E-state index in [2.05, 4.69) is 5.32 Å². The number of ether oxygens (including phenoxy) is 2. The number of Topliss-reactive ketones (excluding diaryl/α,β-unsaturated/α-hetero) is 2. The predicted octanol–water partition coefficient (Wildman–Crippen LogP) is 5.18. The van der Waals surface area contributed by atoms with E-state index in [-0.39, 0.29) is 29.7 Å². The van der Waals surface area contributed by atoms with Crippen molar-refractivity contribution in [3.8, 4) is 11.5 Å². The lowest BCUT2D eigenvalue weighted by molar-refractivity contribution is -0.118. The van der Waals surface area contributed by atoms with Gasteiger partial charge >= 0.3 is 0 Å². The van der Waals surface area contributed by atoms with Crippen molar-refractivity contribution >= 4 is 29.2 Å². The molecule has 6 heteroatoms. The third-order valence-electron chi connectivity index (χ3n) is 5.59. The maximum atomic E-state index is 12.7. The minimum atomic E-state index is -0.290. The van der Waals surface area contributed by atoms with Gasteiger partial charge in [0.2, 0.25) is 0 Å². The Bertz CT molecular complexity index is 1260. The molecule has 6 nitrogen and oxygen atoms in total. The van der Waals surface area contributed by atoms with Gasteiger partial charge in [0.15, 0.2) is 29.7 Å². The third-order valence-corrected chi connectivity index (χ3v) is 5.59. The molecule has 0 aromatic heterocycles. The summed E-state index contributed by atoms with van der Waals surface area (Å²) < 4.78 is 11.4. The molecule has 0 aliphatic heterocycles. The van der Waals surface area contributed by atoms with Gasteiger partial charge in [0.1, 0.15) is 0 Å². The molecule has 0 unspecified atom stereocenters. The lowest BCUT2D eigenvalue weighted by Crippen LogP contribution is -2.21. The van der Waals surface area contributed by atoms with Crippen LogP contribution in [-0.4, -0.2) is 30.7 Å². The maximum Gasteiger partial charge on any atom is 0.262 e. The number of fused-ring (bicyclic) bond motifs is 1. The summed E-state index contributed by atoms with van der Waals surface area (Å²) in [5.74, 6) is -0.0461. The van der Waals surface area contributed by atoms with Gasteiger partial charge < -0.3 is 14.8 Å². The molecule has 1 aliphatic carbocycles. The molecule has 1 aliphatic rings. The van der Waals surface area contributed by atoms with Crippen LogP contribution in [-0.2, 0) is 4.79 Å². The van der Waals surface area contributed by atoms with Gasteiger partial charge in [-0.3, -0.25) is 14.4 Å². The van der Waals surface area contributed by atoms with Crippen LogP contribution in [0.3, 0.4) is 0 Å². The van der Waals surface area contributed by atoms with Crippen molar-refractivity contribution < 1.29 is 23.9 Å². The Morgan fingerprint density at radius 3 is 2.12 bits per heavy atom. The highest BCUT2D eigenvalue weighted by atomic mass is 16.5. The van der Waals surface area contributed by atoms with E-state index in [1.807, 2.05) is 39.0 Å². The number of allylic oxidation sites excluding steroid dienone is 1. The van der Waals surface area contributed by atoms with E-state index in [1.165, 1.54) is 0 Å². The SMILES string of the molecule is CCOc1cc(C=C2C(=O)c3ccccc3C2=O)ccc1OCC(=O)Nc1c(C)cccc1C. The van der Waals surface area contributed by atoms with Crippen LogP contribution in [0.1, 0.15) is 44.3 Å². The summed E-state index contributed by atoms with van der Waals surface area (Å²) in [6, 6.07) is 17.7. The summed E-state index contributed by atoms with van der Waals surface area (Å²) in [6.07, 6.45) is 1.56. The Morgan fingerprint density at radius 2 is 1.50 bits per heavy atom. The van der Waals surface area contributed by atoms with Crippen LogP contribution < -0.4 is 14.8 Å². The largest absolute Gasteiger partial charge is 0.490 e. The average Bonchev–Trinajstić information content (AvgIpc) is 3.06. The number of anilines is 1. The fourth-order valence-corrected chi connectivity index (χ4v) is 3.90. The molecule has 4 rings (SSSR count). The molecular formula is C28H25NO5. The van der Waals surface area contributed by atoms with Gasteiger partial charge in [0, 0.05) is 16.8 Å². The highest BCUT2D eigenvalue weighted by molar-refractivity contribution is 6.41. The van der Waals surface area contributed by atoms with Gasteiger partial charge in [-0.05, 0) is 55.7 Å². The predicted molar refractivity (Wildman–Crippen MR) is 131 cm³/mol. The minimum Gasteiger partial charge on any atom is -0.490 e. The highest BCUT2D eigenvalue weighted by Crippen LogP contribution is 2.32. The number of hydrogen-bond acceptors (Lipinski definition) is 5. The van der Waals surface area contributed by atoms with E-state index in [4.69, 9.17) is 9.47 Å². The molecule has 1 N–H and O–H groups in total. The number of hydrogen-bond donors (Lipinski definition) is 1. The second-order valence-corrected chi connectivity index (χ2v) is 8.00. The molecule has 0 saturated heterocycles. The van der Waals surface area contributed by atoms with Crippen LogP contribution in [0.25, 0.3) is 6.08 Å². The highest BCUT2D eigenvalue weighted by Gasteiger charge is 2.32. The number of rotatable bonds is 7. The molecule has 3 aromatic carbocycles. The molecule has 0 atom stereocenters. The molecule has 0 heterocycles. The number of carbonyl (C=O) groups is 3. The molecule has 1 amide bonds. The Kier molecular flexibility index (Phi) is 6.59. The summed E-state index contributed by atoms with van der Waals surface area (Å²) in [5.41, 5.74) is 4.29. The Morgan fingerprint density at radius 1 is 0.853 bits per heavy atom. The first-order valence-electron chi connectivity index (χ1n) is 11.0. The van der Waals surface area contributed by atoms with E-state index >= 15 is 0 Å². The fraction of sp³-hybridized carbons (Fsp3) is 0.179. The summed E-state index contributed by atoms with van der Waals surface area (Å²) in [6.45, 7) is 5.89. The van der Waals surface area contributed by atoms with E-state index in [0.717, 1.165) is 16.8 Å². The quantitative estimate of drug-likeness (QED) is 0.392. The minimum absolute atomic E-state index is 0.116. The van der Waals surface area contributed by atoms with Crippen LogP contribution in [0, 0.1) is 13.8 Å². The Hall–Kier alpha value is -4.19. The number of ketones is 2. The van der Waals surface area contributed by atoms with Crippen LogP contribution in [0.4, 0.5) is 5.69 Å². The number of nitrogens with one attached hydrogen (secondary N) is 1. The van der Waals surface area contributed by atoms with Gasteiger partial charge in [0.05, 0.1) is 12.2 Å². The van der Waals surface area contributed by atoms with Crippen molar-refractivity contribution in [2.45, 2.75) is 20.8 Å². The third kappa shape index (κ3) is 4.62. The first kappa shape index (κ1) is 23.0. The first-order chi connectivity index (χ1) is 16.4. The number of amides is 1. The van der Waals surface area contributed by atoms with Gasteiger partial charge in [-0.1, -0.05) is 48.5 Å². The number of aryl methyl sites for hydroxylation is 2. The normalized spacial score (nSPS) is 12.4. The van der Waals surface area contributed by atoms with Crippen LogP contribution in [0.2, 0.25) is 0 Å². The number of para-hydroxylation sites is 1. The van der Waals surface area contributed by atoms with E-state index in [0.29, 0.717) is 34.8 Å². The zero-order chi connectivity index (χ0) is 24.2. The van der Waals surface area contributed by atoms with Crippen molar-refractivity contribution in [2.24, 2.45) is 0 Å². The average molecular weight is 456 g/mol. The summed E-state index contributed by atoms with van der Waals surface area (Å²) >= 11 is 0. The van der Waals surface area contributed by atoms with Crippen molar-refractivity contribution in [1.29, 1.82) is 0 Å². The lowest BCUT2D eigenvalue weighted by Gasteiger charge is -2.14. The number of carbonyl (C=O) groups excluding carboxylic acids is 3. The van der Waals surface area contributed by atoms with Crippen molar-refractivity contribution in [3.05, 3.63) is 94.1 Å². The van der Waals surface area contributed by atoms with Crippen LogP contribution in [0.15, 0.2) is 66.2 Å². The van der Waals surface area contributed by atoms with E-state index < -0.39 is 0 Å². The second kappa shape index (κ2) is 9.75. The van der Waals surface area contributed by atoms with E-state index in [9.17, 15) is 14.4 Å². The van der Waals surface area contributed by atoms with Gasteiger partial charge in [-0.25, -0.2) is 0 Å². The van der Waals surface area contributed by atoms with Crippen LogP contribution in [0.5, 0.6) is 11.5 Å². The standard InChI is InChI=1S/C28H25NO5/c1-4-33-24-15-19(14-22-27(31)20-10-5-6-11-21(20)28(22)32)12-13-23(24)34-16-25(30)29-26-17(2)8-7-9-18(26)3/h5-15H,4,16H2,1-3H3,(H,29,30). The summed E-state index contributed by atoms with van der Waals surface area (Å²) in [5, 5.41) is 2.89. The monoisotopic (exact) mass is 455 g/mol. The second-order valence-electron chi connectivity index (χ2n) is 8.00. The zero-order valence-corrected chi connectivity index (χ0v) is 19.3. The molecule has 0 radical (unpaired) electrons. The fourth-order valence-electron chi connectivity index (χ4n) is 3.90. The molecule has 0 saturated carbocycles. The zero-order valence-electron chi connectivity index (χ0n) is 19.3. The maximum absolute atomic E-state index is 12.7.